The van der Waals surface area contributed by atoms with Gasteiger partial charge in [-0.2, -0.15) is 8.78 Å². The van der Waals surface area contributed by atoms with E-state index in [0.717, 1.165) is 55.5 Å². The van der Waals surface area contributed by atoms with Crippen LogP contribution in [0.25, 0.3) is 33.4 Å². The van der Waals surface area contributed by atoms with Gasteiger partial charge in [-0.15, -0.1) is 0 Å². The van der Waals surface area contributed by atoms with Crippen molar-refractivity contribution in [1.82, 2.24) is 0 Å². The van der Waals surface area contributed by atoms with Crippen LogP contribution in [0.3, 0.4) is 0 Å². The Morgan fingerprint density at radius 2 is 1.10 bits per heavy atom. The third-order valence-electron chi connectivity index (χ3n) is 7.72. The highest BCUT2D eigenvalue weighted by atomic mass is 32.5. The van der Waals surface area contributed by atoms with E-state index in [9.17, 15) is 23.8 Å². The first-order valence-corrected chi connectivity index (χ1v) is 16.7. The van der Waals surface area contributed by atoms with E-state index in [0.29, 0.717) is 29.8 Å². The van der Waals surface area contributed by atoms with Gasteiger partial charge in [-0.05, 0) is 83.1 Å². The molecule has 1 nitrogen and oxygen atoms in total. The summed E-state index contributed by atoms with van der Waals surface area (Å²) in [7, 11) is -9.95. The third-order valence-corrected chi connectivity index (χ3v) is 8.88. The van der Waals surface area contributed by atoms with Gasteiger partial charge in [0.1, 0.15) is 28.1 Å². The first-order valence-electron chi connectivity index (χ1n) is 14.7. The van der Waals surface area contributed by atoms with Crippen molar-refractivity contribution in [3.8, 4) is 39.1 Å². The average Bonchev–Trinajstić information content (AvgIpc) is 3.00. The summed E-state index contributed by atoms with van der Waals surface area (Å²) < 4.78 is 144. The topological polar surface area (TPSA) is 9.23 Å². The van der Waals surface area contributed by atoms with Crippen LogP contribution < -0.4 is 4.74 Å². The molecule has 0 saturated carbocycles. The minimum absolute atomic E-state index is 0.0195. The predicted octanol–water partition coefficient (Wildman–Crippen LogP) is 13.6. The maximum Gasteiger partial charge on any atom is 0.429 e. The Hall–Kier alpha value is -4.45. The summed E-state index contributed by atoms with van der Waals surface area (Å²) in [5.74, 6) is -4.11. The summed E-state index contributed by atoms with van der Waals surface area (Å²) in [6, 6.07) is 18.2. The molecule has 0 atom stereocenters. The number of rotatable bonds is 11. The van der Waals surface area contributed by atoms with Gasteiger partial charge in [-0.25, -0.2) is 13.2 Å². The van der Waals surface area contributed by atoms with E-state index in [1.54, 1.807) is 6.07 Å². The zero-order chi connectivity index (χ0) is 35.0. The molecule has 12 heteroatoms. The lowest BCUT2D eigenvalue weighted by Gasteiger charge is -2.40. The smallest absolute Gasteiger partial charge is 0.429 e. The summed E-state index contributed by atoms with van der Waals surface area (Å²) in [5, 5.41) is 0. The second kappa shape index (κ2) is 12.2. The monoisotopic (exact) mass is 698 g/mol. The lowest BCUT2D eigenvalue weighted by Crippen LogP contribution is -2.23. The molecule has 0 aliphatic rings. The number of halogens is 10. The molecule has 5 aromatic rings. The molecule has 0 amide bonds. The van der Waals surface area contributed by atoms with Crippen molar-refractivity contribution < 1.29 is 46.1 Å². The molecule has 0 heterocycles. The van der Waals surface area contributed by atoms with Gasteiger partial charge in [0.2, 0.25) is 0 Å². The van der Waals surface area contributed by atoms with E-state index < -0.39 is 50.0 Å². The minimum Gasteiger partial charge on any atom is -0.429 e. The van der Waals surface area contributed by atoms with Crippen molar-refractivity contribution >= 4 is 10.2 Å². The Kier molecular flexibility index (Phi) is 8.87. The lowest BCUT2D eigenvalue weighted by molar-refractivity contribution is -0.187. The Morgan fingerprint density at radius 3 is 1.69 bits per heavy atom. The molecule has 0 radical (unpaired) electrons. The lowest BCUT2D eigenvalue weighted by atomic mass is 9.97. The van der Waals surface area contributed by atoms with Gasteiger partial charge in [0.15, 0.2) is 0 Å². The molecule has 0 N–H and O–H groups in total. The van der Waals surface area contributed by atoms with Gasteiger partial charge in [0, 0.05) is 17.2 Å². The van der Waals surface area contributed by atoms with Crippen LogP contribution in [0, 0.1) is 17.5 Å². The second-order valence-corrected chi connectivity index (χ2v) is 13.7. The molecule has 5 aromatic carbocycles. The predicted molar refractivity (Wildman–Crippen MR) is 168 cm³/mol. The summed E-state index contributed by atoms with van der Waals surface area (Å²) in [6.07, 6.45) is -0.0775. The van der Waals surface area contributed by atoms with Crippen molar-refractivity contribution in [1.29, 1.82) is 0 Å². The van der Waals surface area contributed by atoms with Crippen LogP contribution in [-0.4, -0.2) is 0 Å². The molecule has 5 rings (SSSR count). The molecule has 0 saturated heterocycles. The van der Waals surface area contributed by atoms with Crippen LogP contribution in [0.5, 0.6) is 5.75 Å². The summed E-state index contributed by atoms with van der Waals surface area (Å²) in [5.41, 5.74) is 0.610. The first kappa shape index (κ1) is 34.9. The first-order chi connectivity index (χ1) is 22.3. The fraction of sp³-hybridized carbons (Fsp3) is 0.167. The summed E-state index contributed by atoms with van der Waals surface area (Å²) >= 11 is 0. The van der Waals surface area contributed by atoms with Gasteiger partial charge >= 0.3 is 16.3 Å². The van der Waals surface area contributed by atoms with Gasteiger partial charge < -0.3 is 4.74 Å². The Labute approximate surface area is 270 Å². The molecule has 0 spiro atoms. The standard InChI is InChI=1S/C36H28F10OS/c1-2-3-4-5-23-6-8-24(9-7-23)26-12-17-31(33(37)20-26)27-13-19-32(35(39)21-27)36(40,41)47-28-14-18-30(34(38)22-28)25-10-15-29(16-11-25)48(42,43,44,45)46/h6-22H,2-5H2,1H3. The number of hydrogen-bond donors (Lipinski definition) is 0. The summed E-state index contributed by atoms with van der Waals surface area (Å²) in [6.45, 7) is 2.12. The normalized spacial score (nSPS) is 13.6. The number of benzene rings is 5. The molecule has 48 heavy (non-hydrogen) atoms. The van der Waals surface area contributed by atoms with Crippen LogP contribution >= 0.6 is 10.2 Å². The highest BCUT2D eigenvalue weighted by Gasteiger charge is 2.65. The van der Waals surface area contributed by atoms with Crippen LogP contribution in [0.4, 0.5) is 41.4 Å². The highest BCUT2D eigenvalue weighted by molar-refractivity contribution is 8.45. The molecule has 254 valence electrons. The minimum atomic E-state index is -9.95. The summed E-state index contributed by atoms with van der Waals surface area (Å²) in [4.78, 5) is -2.18. The molecular weight excluding hydrogens is 670 g/mol. The Morgan fingerprint density at radius 1 is 0.562 bits per heavy atom. The quantitative estimate of drug-likeness (QED) is 0.0986. The van der Waals surface area contributed by atoms with Gasteiger partial charge in [-0.1, -0.05) is 93.8 Å². The van der Waals surface area contributed by atoms with E-state index in [-0.39, 0.29) is 34.4 Å². The zero-order valence-corrected chi connectivity index (χ0v) is 26.1. The van der Waals surface area contributed by atoms with Crippen molar-refractivity contribution in [2.45, 2.75) is 43.6 Å². The van der Waals surface area contributed by atoms with E-state index in [1.807, 2.05) is 24.3 Å². The van der Waals surface area contributed by atoms with Gasteiger partial charge in [0.05, 0.1) is 5.56 Å². The fourth-order valence-corrected chi connectivity index (χ4v) is 5.83. The van der Waals surface area contributed by atoms with Crippen molar-refractivity contribution in [2.75, 3.05) is 0 Å². The molecule has 0 unspecified atom stereocenters. The molecule has 0 aromatic heterocycles. The molecule has 0 aliphatic carbocycles. The number of ether oxygens (including phenoxy) is 1. The Balaban J connectivity index is 1.31. The van der Waals surface area contributed by atoms with E-state index in [1.165, 1.54) is 17.7 Å². The molecule has 0 bridgehead atoms. The molecule has 0 fully saturated rings. The SMILES string of the molecule is CCCCCc1ccc(-c2ccc(-c3ccc(C(F)(F)Oc4ccc(-c5ccc(S(F)(F)(F)(F)F)cc5)c(F)c4)c(F)c3)c(F)c2)cc1. The number of unbranched alkanes of at least 4 members (excludes halogenated alkanes) is 2. The van der Waals surface area contributed by atoms with Crippen LogP contribution in [0.15, 0.2) is 108 Å². The number of hydrogen-bond acceptors (Lipinski definition) is 1. The van der Waals surface area contributed by atoms with Crippen molar-refractivity contribution in [3.63, 3.8) is 0 Å². The van der Waals surface area contributed by atoms with E-state index in [2.05, 4.69) is 11.7 Å². The maximum atomic E-state index is 15.1. The highest BCUT2D eigenvalue weighted by Crippen LogP contribution is 3.02. The molecular formula is C36H28F10OS. The maximum absolute atomic E-state index is 15.1. The van der Waals surface area contributed by atoms with Gasteiger partial charge in [0.25, 0.3) is 0 Å². The zero-order valence-electron chi connectivity index (χ0n) is 25.2. The number of aryl methyl sites for hydroxylation is 1. The van der Waals surface area contributed by atoms with Crippen molar-refractivity contribution in [3.05, 3.63) is 132 Å². The Bertz CT molecular complexity index is 1940. The van der Waals surface area contributed by atoms with Gasteiger partial charge in [-0.3, -0.25) is 0 Å². The van der Waals surface area contributed by atoms with Crippen LogP contribution in [-0.2, 0) is 12.5 Å². The molecule has 0 aliphatic heterocycles. The fourth-order valence-electron chi connectivity index (χ4n) is 5.18. The van der Waals surface area contributed by atoms with Crippen molar-refractivity contribution in [2.24, 2.45) is 0 Å². The van der Waals surface area contributed by atoms with E-state index >= 15 is 17.6 Å². The van der Waals surface area contributed by atoms with Crippen LogP contribution in [0.2, 0.25) is 0 Å². The largest absolute Gasteiger partial charge is 0.429 e. The van der Waals surface area contributed by atoms with E-state index in [4.69, 9.17) is 0 Å². The average molecular weight is 699 g/mol. The number of alkyl halides is 2. The second-order valence-electron chi connectivity index (χ2n) is 11.3. The van der Waals surface area contributed by atoms with Crippen LogP contribution in [0.1, 0.15) is 37.3 Å². The third kappa shape index (κ3) is 7.98.